The van der Waals surface area contributed by atoms with Crippen LogP contribution in [-0.4, -0.2) is 12.5 Å². The highest BCUT2D eigenvalue weighted by molar-refractivity contribution is 9.11. The molecule has 0 saturated heterocycles. The number of carbonyl (C=O) groups is 1. The van der Waals surface area contributed by atoms with E-state index in [0.717, 1.165) is 36.3 Å². The molecule has 5 heteroatoms. The van der Waals surface area contributed by atoms with Gasteiger partial charge in [-0.1, -0.05) is 6.92 Å². The number of rotatable bonds is 4. The molecule has 1 N–H and O–H groups in total. The van der Waals surface area contributed by atoms with Gasteiger partial charge in [0.15, 0.2) is 0 Å². The molecule has 1 aliphatic carbocycles. The van der Waals surface area contributed by atoms with Crippen LogP contribution >= 0.6 is 27.3 Å². The van der Waals surface area contributed by atoms with Crippen LogP contribution < -0.4 is 10.2 Å². The molecule has 0 unspecified atom stereocenters. The van der Waals surface area contributed by atoms with Crippen LogP contribution in [-0.2, 0) is 17.8 Å². The fourth-order valence-electron chi connectivity index (χ4n) is 3.79. The standard InChI is InChI=1S/C21H25BrN2OS/c1-13-8-16(24-7-4-15-10-18(22)26-17(15)12-24)9-14(2)20(13)23-19(25)11-21(3)5-6-21/h8-10H,4-7,11-12H2,1-3H3,(H,23,25). The largest absolute Gasteiger partial charge is 0.366 e. The Balaban J connectivity index is 1.51. The number of anilines is 2. The molecular formula is C21H25BrN2OS. The molecule has 0 atom stereocenters. The van der Waals surface area contributed by atoms with E-state index < -0.39 is 0 Å². The molecule has 2 heterocycles. The lowest BCUT2D eigenvalue weighted by Gasteiger charge is -2.30. The predicted molar refractivity (Wildman–Crippen MR) is 113 cm³/mol. The fraction of sp³-hybridized carbons (Fsp3) is 0.476. The van der Waals surface area contributed by atoms with Crippen LogP contribution in [0.25, 0.3) is 0 Å². The summed E-state index contributed by atoms with van der Waals surface area (Å²) in [6.07, 6.45) is 4.07. The summed E-state index contributed by atoms with van der Waals surface area (Å²) in [7, 11) is 0. The van der Waals surface area contributed by atoms with Gasteiger partial charge in [-0.3, -0.25) is 4.79 Å². The van der Waals surface area contributed by atoms with Gasteiger partial charge in [0.1, 0.15) is 0 Å². The Morgan fingerprint density at radius 1 is 1.27 bits per heavy atom. The summed E-state index contributed by atoms with van der Waals surface area (Å²) in [6.45, 7) is 8.40. The van der Waals surface area contributed by atoms with Crippen molar-refractivity contribution in [2.75, 3.05) is 16.8 Å². The zero-order valence-corrected chi connectivity index (χ0v) is 18.0. The van der Waals surface area contributed by atoms with Crippen LogP contribution in [0, 0.1) is 19.3 Å². The van der Waals surface area contributed by atoms with Gasteiger partial charge < -0.3 is 10.2 Å². The monoisotopic (exact) mass is 432 g/mol. The molecule has 3 nitrogen and oxygen atoms in total. The zero-order valence-electron chi connectivity index (χ0n) is 15.6. The number of amides is 1. The Morgan fingerprint density at radius 2 is 1.96 bits per heavy atom. The molecule has 26 heavy (non-hydrogen) atoms. The van der Waals surface area contributed by atoms with Gasteiger partial charge in [0, 0.05) is 29.2 Å². The molecule has 2 aromatic rings. The zero-order chi connectivity index (χ0) is 18.5. The molecule has 1 amide bonds. The molecule has 1 fully saturated rings. The third-order valence-electron chi connectivity index (χ3n) is 5.69. The fourth-order valence-corrected chi connectivity index (χ4v) is 5.60. The van der Waals surface area contributed by atoms with E-state index in [-0.39, 0.29) is 11.3 Å². The first-order valence-electron chi connectivity index (χ1n) is 9.26. The van der Waals surface area contributed by atoms with Crippen LogP contribution in [0.1, 0.15) is 47.8 Å². The van der Waals surface area contributed by atoms with Gasteiger partial charge in [-0.15, -0.1) is 11.3 Å². The topological polar surface area (TPSA) is 32.3 Å². The summed E-state index contributed by atoms with van der Waals surface area (Å²) < 4.78 is 1.22. The van der Waals surface area contributed by atoms with E-state index >= 15 is 0 Å². The normalized spacial score (nSPS) is 17.8. The number of benzene rings is 1. The van der Waals surface area contributed by atoms with E-state index in [1.165, 1.54) is 32.8 Å². The maximum atomic E-state index is 12.4. The second kappa shape index (κ2) is 6.68. The van der Waals surface area contributed by atoms with Crippen LogP contribution in [0.2, 0.25) is 0 Å². The number of nitrogens with one attached hydrogen (secondary N) is 1. The molecule has 1 saturated carbocycles. The lowest BCUT2D eigenvalue weighted by molar-refractivity contribution is -0.117. The lowest BCUT2D eigenvalue weighted by Crippen LogP contribution is -2.29. The number of thiophene rings is 1. The van der Waals surface area contributed by atoms with E-state index in [1.807, 2.05) is 11.3 Å². The number of halogens is 1. The van der Waals surface area contributed by atoms with Gasteiger partial charge in [0.25, 0.3) is 0 Å². The van der Waals surface area contributed by atoms with Crippen LogP contribution in [0.15, 0.2) is 22.0 Å². The molecule has 1 aromatic carbocycles. The van der Waals surface area contributed by atoms with Crippen molar-refractivity contribution < 1.29 is 4.79 Å². The van der Waals surface area contributed by atoms with Gasteiger partial charge >= 0.3 is 0 Å². The number of carbonyl (C=O) groups excluding carboxylic acids is 1. The Labute approximate surface area is 167 Å². The minimum atomic E-state index is 0.148. The first-order valence-corrected chi connectivity index (χ1v) is 10.9. The molecule has 1 aliphatic heterocycles. The van der Waals surface area contributed by atoms with E-state index in [1.54, 1.807) is 0 Å². The van der Waals surface area contributed by atoms with Crippen molar-refractivity contribution in [3.63, 3.8) is 0 Å². The second-order valence-electron chi connectivity index (χ2n) is 8.16. The SMILES string of the molecule is Cc1cc(N2CCc3cc(Br)sc3C2)cc(C)c1NC(=O)CC1(C)CC1. The molecular weight excluding hydrogens is 408 g/mol. The summed E-state index contributed by atoms with van der Waals surface area (Å²) in [5.41, 5.74) is 6.25. The summed E-state index contributed by atoms with van der Waals surface area (Å²) in [5, 5.41) is 3.16. The van der Waals surface area contributed by atoms with Crippen molar-refractivity contribution in [2.45, 2.75) is 53.0 Å². The molecule has 0 spiro atoms. The highest BCUT2D eigenvalue weighted by Crippen LogP contribution is 2.48. The van der Waals surface area contributed by atoms with Crippen LogP contribution in [0.4, 0.5) is 11.4 Å². The number of hydrogen-bond acceptors (Lipinski definition) is 3. The third kappa shape index (κ3) is 3.70. The average Bonchev–Trinajstić information content (AvgIpc) is 3.16. The number of hydrogen-bond donors (Lipinski definition) is 1. The van der Waals surface area contributed by atoms with Crippen molar-refractivity contribution in [3.05, 3.63) is 43.6 Å². The Hall–Kier alpha value is -1.33. The van der Waals surface area contributed by atoms with Gasteiger partial charge in [0.2, 0.25) is 5.91 Å². The first kappa shape index (κ1) is 18.1. The summed E-state index contributed by atoms with van der Waals surface area (Å²) >= 11 is 5.45. The Kier molecular flexibility index (Phi) is 4.64. The van der Waals surface area contributed by atoms with Crippen LogP contribution in [0.3, 0.4) is 0 Å². The predicted octanol–water partition coefficient (Wildman–Crippen LogP) is 5.82. The summed E-state index contributed by atoms with van der Waals surface area (Å²) in [4.78, 5) is 16.3. The van der Waals surface area contributed by atoms with Crippen molar-refractivity contribution in [1.29, 1.82) is 0 Å². The maximum Gasteiger partial charge on any atom is 0.224 e. The van der Waals surface area contributed by atoms with Crippen molar-refractivity contribution >= 4 is 44.5 Å². The molecule has 0 bridgehead atoms. The molecule has 1 aromatic heterocycles. The van der Waals surface area contributed by atoms with Gasteiger partial charge in [-0.2, -0.15) is 0 Å². The lowest BCUT2D eigenvalue weighted by atomic mass is 10.0. The first-order chi connectivity index (χ1) is 12.3. The van der Waals surface area contributed by atoms with Gasteiger partial charge in [0.05, 0.1) is 10.3 Å². The Bertz CT molecular complexity index is 846. The van der Waals surface area contributed by atoms with E-state index in [9.17, 15) is 4.79 Å². The van der Waals surface area contributed by atoms with Crippen molar-refractivity contribution in [3.8, 4) is 0 Å². The highest BCUT2D eigenvalue weighted by Gasteiger charge is 2.39. The van der Waals surface area contributed by atoms with Crippen molar-refractivity contribution in [2.24, 2.45) is 5.41 Å². The molecule has 4 rings (SSSR count). The molecule has 138 valence electrons. The minimum absolute atomic E-state index is 0.148. The van der Waals surface area contributed by atoms with Gasteiger partial charge in [-0.05, 0) is 89.3 Å². The highest BCUT2D eigenvalue weighted by atomic mass is 79.9. The number of fused-ring (bicyclic) bond motifs is 1. The summed E-state index contributed by atoms with van der Waals surface area (Å²) in [6, 6.07) is 6.69. The molecule has 2 aliphatic rings. The Morgan fingerprint density at radius 3 is 2.62 bits per heavy atom. The smallest absolute Gasteiger partial charge is 0.224 e. The summed E-state index contributed by atoms with van der Waals surface area (Å²) in [5.74, 6) is 0.148. The maximum absolute atomic E-state index is 12.4. The average molecular weight is 433 g/mol. The van der Waals surface area contributed by atoms with Crippen molar-refractivity contribution in [1.82, 2.24) is 0 Å². The molecule has 0 radical (unpaired) electrons. The van der Waals surface area contributed by atoms with Gasteiger partial charge in [-0.25, -0.2) is 0 Å². The van der Waals surface area contributed by atoms with E-state index in [0.29, 0.717) is 6.42 Å². The van der Waals surface area contributed by atoms with E-state index in [2.05, 4.69) is 65.1 Å². The number of aryl methyl sites for hydroxylation is 2. The minimum Gasteiger partial charge on any atom is -0.366 e. The quantitative estimate of drug-likeness (QED) is 0.659. The number of nitrogens with zero attached hydrogens (tertiary/aromatic N) is 1. The van der Waals surface area contributed by atoms with E-state index in [4.69, 9.17) is 0 Å². The van der Waals surface area contributed by atoms with Crippen LogP contribution in [0.5, 0.6) is 0 Å². The third-order valence-corrected chi connectivity index (χ3v) is 7.36. The second-order valence-corrected chi connectivity index (χ2v) is 10.7.